The Morgan fingerprint density at radius 2 is 1.54 bits per heavy atom. The molecule has 1 saturated heterocycles. The molecule has 140 valence electrons. The third-order valence-electron chi connectivity index (χ3n) is 4.63. The van der Waals surface area contributed by atoms with Crippen LogP contribution in [0.2, 0.25) is 0 Å². The van der Waals surface area contributed by atoms with Crippen LogP contribution in [0.5, 0.6) is 17.2 Å². The molecule has 0 aromatic heterocycles. The maximum Gasteiger partial charge on any atom is 0.203 e. The third-order valence-corrected chi connectivity index (χ3v) is 4.63. The van der Waals surface area contributed by atoms with Gasteiger partial charge in [-0.1, -0.05) is 6.07 Å². The van der Waals surface area contributed by atoms with Gasteiger partial charge in [0.15, 0.2) is 11.5 Å². The van der Waals surface area contributed by atoms with Gasteiger partial charge in [-0.3, -0.25) is 0 Å². The van der Waals surface area contributed by atoms with Crippen LogP contribution >= 0.6 is 0 Å². The summed E-state index contributed by atoms with van der Waals surface area (Å²) in [6.07, 6.45) is 1.67. The van der Waals surface area contributed by atoms with Gasteiger partial charge in [-0.25, -0.2) is 8.78 Å². The van der Waals surface area contributed by atoms with Gasteiger partial charge in [-0.2, -0.15) is 0 Å². The smallest absolute Gasteiger partial charge is 0.203 e. The van der Waals surface area contributed by atoms with E-state index in [-0.39, 0.29) is 6.10 Å². The minimum Gasteiger partial charge on any atom is -0.493 e. The quantitative estimate of drug-likeness (QED) is 0.750. The molecule has 2 unspecified atom stereocenters. The van der Waals surface area contributed by atoms with Crippen molar-refractivity contribution in [3.63, 3.8) is 0 Å². The van der Waals surface area contributed by atoms with Crippen molar-refractivity contribution in [1.82, 2.24) is 0 Å². The number of hydrogen-bond donors (Lipinski definition) is 0. The van der Waals surface area contributed by atoms with Gasteiger partial charge in [-0.15, -0.1) is 0 Å². The largest absolute Gasteiger partial charge is 0.493 e. The molecule has 0 N–H and O–H groups in total. The summed E-state index contributed by atoms with van der Waals surface area (Å²) in [7, 11) is 4.66. The van der Waals surface area contributed by atoms with Gasteiger partial charge in [0.1, 0.15) is 11.6 Å². The van der Waals surface area contributed by atoms with Gasteiger partial charge in [0.05, 0.1) is 33.5 Å². The molecule has 26 heavy (non-hydrogen) atoms. The average molecular weight is 364 g/mol. The van der Waals surface area contributed by atoms with E-state index >= 15 is 0 Å². The lowest BCUT2D eigenvalue weighted by Gasteiger charge is -2.31. The second kappa shape index (κ2) is 7.91. The van der Waals surface area contributed by atoms with Gasteiger partial charge in [0, 0.05) is 11.6 Å². The number of methoxy groups -OCH3 is 3. The minimum atomic E-state index is -0.594. The number of rotatable bonds is 5. The normalized spacial score (nSPS) is 19.9. The van der Waals surface area contributed by atoms with Gasteiger partial charge in [0.25, 0.3) is 0 Å². The molecule has 2 aromatic carbocycles. The van der Waals surface area contributed by atoms with Gasteiger partial charge in [0.2, 0.25) is 5.75 Å². The highest BCUT2D eigenvalue weighted by atomic mass is 19.1. The molecule has 1 fully saturated rings. The van der Waals surface area contributed by atoms with Crippen molar-refractivity contribution >= 4 is 0 Å². The molecule has 2 aromatic rings. The Kier molecular flexibility index (Phi) is 5.61. The van der Waals surface area contributed by atoms with E-state index in [1.807, 2.05) is 12.1 Å². The fourth-order valence-electron chi connectivity index (χ4n) is 3.35. The van der Waals surface area contributed by atoms with Crippen molar-refractivity contribution in [2.75, 3.05) is 21.3 Å². The Hall–Kier alpha value is -2.34. The van der Waals surface area contributed by atoms with Crippen LogP contribution in [0.1, 0.15) is 42.6 Å². The first-order valence-electron chi connectivity index (χ1n) is 8.47. The number of ether oxygens (including phenoxy) is 4. The first-order chi connectivity index (χ1) is 12.6. The Balaban J connectivity index is 1.90. The molecular formula is C20H22F2O4. The van der Waals surface area contributed by atoms with Gasteiger partial charge in [-0.05, 0) is 43.0 Å². The topological polar surface area (TPSA) is 36.9 Å². The fourth-order valence-corrected chi connectivity index (χ4v) is 3.35. The molecule has 0 radical (unpaired) electrons. The molecular weight excluding hydrogens is 342 g/mol. The molecule has 1 heterocycles. The summed E-state index contributed by atoms with van der Waals surface area (Å²) >= 11 is 0. The van der Waals surface area contributed by atoms with Crippen LogP contribution in [0.25, 0.3) is 0 Å². The summed E-state index contributed by atoms with van der Waals surface area (Å²) in [5.41, 5.74) is 1.25. The van der Waals surface area contributed by atoms with Crippen molar-refractivity contribution in [2.45, 2.75) is 31.5 Å². The molecule has 1 aliphatic heterocycles. The maximum atomic E-state index is 14.1. The fraction of sp³-hybridized carbons (Fsp3) is 0.400. The highest BCUT2D eigenvalue weighted by molar-refractivity contribution is 5.54. The van der Waals surface area contributed by atoms with Gasteiger partial charge >= 0.3 is 0 Å². The maximum absolute atomic E-state index is 14.1. The van der Waals surface area contributed by atoms with Crippen LogP contribution in [0.15, 0.2) is 30.3 Å². The molecule has 2 atom stereocenters. The highest BCUT2D eigenvalue weighted by Crippen LogP contribution is 2.44. The van der Waals surface area contributed by atoms with E-state index in [2.05, 4.69) is 0 Å². The summed E-state index contributed by atoms with van der Waals surface area (Å²) in [6, 6.07) is 7.28. The summed E-state index contributed by atoms with van der Waals surface area (Å²) in [5, 5.41) is 0. The lowest BCUT2D eigenvalue weighted by Crippen LogP contribution is -2.17. The van der Waals surface area contributed by atoms with Crippen molar-refractivity contribution in [2.24, 2.45) is 0 Å². The van der Waals surface area contributed by atoms with E-state index in [9.17, 15) is 8.78 Å². The second-order valence-electron chi connectivity index (χ2n) is 6.17. The van der Waals surface area contributed by atoms with E-state index < -0.39 is 17.7 Å². The summed E-state index contributed by atoms with van der Waals surface area (Å²) < 4.78 is 49.6. The standard InChI is InChI=1S/C20H22F2O4/c1-23-18-9-12(10-19(24-2)20(18)25-3)16-5-4-6-17(26-16)14-8-7-13(21)11-15(14)22/h7-11,16-17H,4-6H2,1-3H3. The zero-order valence-electron chi connectivity index (χ0n) is 15.1. The molecule has 0 saturated carbocycles. The monoisotopic (exact) mass is 364 g/mol. The highest BCUT2D eigenvalue weighted by Gasteiger charge is 2.28. The molecule has 4 nitrogen and oxygen atoms in total. The zero-order chi connectivity index (χ0) is 18.7. The van der Waals surface area contributed by atoms with Gasteiger partial charge < -0.3 is 18.9 Å². The Labute approximate surface area is 151 Å². The van der Waals surface area contributed by atoms with Crippen LogP contribution in [-0.2, 0) is 4.74 Å². The molecule has 0 spiro atoms. The molecule has 6 heteroatoms. The molecule has 0 aliphatic carbocycles. The van der Waals surface area contributed by atoms with Crippen LogP contribution in [0.3, 0.4) is 0 Å². The Bertz CT molecular complexity index is 753. The van der Waals surface area contributed by atoms with Crippen LogP contribution < -0.4 is 14.2 Å². The summed E-state index contributed by atoms with van der Waals surface area (Å²) in [4.78, 5) is 0. The van der Waals surface area contributed by atoms with Crippen LogP contribution in [0.4, 0.5) is 8.78 Å². The van der Waals surface area contributed by atoms with E-state index in [1.54, 1.807) is 21.3 Å². The predicted octanol–water partition coefficient (Wildman–Crippen LogP) is 4.97. The minimum absolute atomic E-state index is 0.244. The molecule has 0 bridgehead atoms. The Morgan fingerprint density at radius 1 is 0.885 bits per heavy atom. The Morgan fingerprint density at radius 3 is 2.12 bits per heavy atom. The first kappa shape index (κ1) is 18.5. The van der Waals surface area contributed by atoms with E-state index in [1.165, 1.54) is 12.1 Å². The number of benzene rings is 2. The van der Waals surface area contributed by atoms with Crippen molar-refractivity contribution in [3.05, 3.63) is 53.1 Å². The van der Waals surface area contributed by atoms with Crippen molar-refractivity contribution in [3.8, 4) is 17.2 Å². The van der Waals surface area contributed by atoms with Crippen molar-refractivity contribution < 1.29 is 27.7 Å². The molecule has 3 rings (SSSR count). The summed E-state index contributed by atoms with van der Waals surface area (Å²) in [5.74, 6) is 0.417. The predicted molar refractivity (Wildman–Crippen MR) is 92.9 cm³/mol. The SMILES string of the molecule is COc1cc(C2CCCC(c3ccc(F)cc3F)O2)cc(OC)c1OC. The van der Waals surface area contributed by atoms with Crippen LogP contribution in [-0.4, -0.2) is 21.3 Å². The molecule has 0 amide bonds. The first-order valence-corrected chi connectivity index (χ1v) is 8.47. The average Bonchev–Trinajstić information content (AvgIpc) is 2.66. The second-order valence-corrected chi connectivity index (χ2v) is 6.17. The summed E-state index contributed by atoms with van der Waals surface area (Å²) in [6.45, 7) is 0. The van der Waals surface area contributed by atoms with Crippen molar-refractivity contribution in [1.29, 1.82) is 0 Å². The zero-order valence-corrected chi connectivity index (χ0v) is 15.1. The third kappa shape index (κ3) is 3.60. The van der Waals surface area contributed by atoms with E-state index in [0.717, 1.165) is 24.5 Å². The van der Waals surface area contributed by atoms with E-state index in [0.29, 0.717) is 29.2 Å². The number of halogens is 2. The number of hydrogen-bond acceptors (Lipinski definition) is 4. The lowest BCUT2D eigenvalue weighted by atomic mass is 9.94. The lowest BCUT2D eigenvalue weighted by molar-refractivity contribution is -0.0551. The van der Waals surface area contributed by atoms with E-state index in [4.69, 9.17) is 18.9 Å². The molecule has 1 aliphatic rings. The van der Waals surface area contributed by atoms with Crippen LogP contribution in [0, 0.1) is 11.6 Å².